The topological polar surface area (TPSA) is 59.5 Å². The van der Waals surface area contributed by atoms with Crippen LogP contribution in [0.25, 0.3) is 0 Å². The Labute approximate surface area is 118 Å². The number of benzene rings is 1. The molecule has 0 saturated carbocycles. The molecule has 2 N–H and O–H groups in total. The van der Waals surface area contributed by atoms with Crippen molar-refractivity contribution in [2.24, 2.45) is 5.73 Å². The maximum Gasteiger partial charge on any atom is 0.293 e. The van der Waals surface area contributed by atoms with Crippen LogP contribution in [0.2, 0.25) is 0 Å². The summed E-state index contributed by atoms with van der Waals surface area (Å²) in [5.74, 6) is 0.900. The minimum atomic E-state index is -0.204. The first kappa shape index (κ1) is 12.9. The van der Waals surface area contributed by atoms with Gasteiger partial charge in [0.1, 0.15) is 5.76 Å². The summed E-state index contributed by atoms with van der Waals surface area (Å²) in [6.07, 6.45) is 1.99. The number of carbonyl (C=O) groups excluding carboxylic acids is 1. The van der Waals surface area contributed by atoms with Crippen LogP contribution in [-0.4, -0.2) is 12.5 Å². The average molecular weight is 270 g/mol. The Balaban J connectivity index is 1.91. The lowest BCUT2D eigenvalue weighted by Gasteiger charge is -2.28. The van der Waals surface area contributed by atoms with E-state index in [0.717, 1.165) is 25.1 Å². The third kappa shape index (κ3) is 2.23. The number of nitrogens with two attached hydrogens (primary N) is 1. The molecule has 3 rings (SSSR count). The maximum atomic E-state index is 12.6. The highest BCUT2D eigenvalue weighted by atomic mass is 16.4. The molecule has 0 spiro atoms. The van der Waals surface area contributed by atoms with Crippen LogP contribution in [0.15, 0.2) is 40.8 Å². The Bertz CT molecular complexity index is 631. The summed E-state index contributed by atoms with van der Waals surface area (Å²) in [4.78, 5) is 14.4. The average Bonchev–Trinajstić information content (AvgIpc) is 2.96. The molecule has 1 amide bonds. The first-order valence-corrected chi connectivity index (χ1v) is 6.92. The van der Waals surface area contributed by atoms with Crippen molar-refractivity contribution in [1.29, 1.82) is 0 Å². The molecule has 1 aliphatic heterocycles. The number of anilines is 1. The normalized spacial score (nSPS) is 15.8. The molecular formula is C16H18N2O2. The van der Waals surface area contributed by atoms with Gasteiger partial charge in [-0.1, -0.05) is 18.2 Å². The van der Waals surface area contributed by atoms with Crippen LogP contribution in [0.5, 0.6) is 0 Å². The van der Waals surface area contributed by atoms with E-state index in [2.05, 4.69) is 6.07 Å². The molecule has 0 saturated heterocycles. The summed E-state index contributed by atoms with van der Waals surface area (Å²) in [5.41, 5.74) is 7.97. The monoisotopic (exact) mass is 270 g/mol. The molecule has 2 aromatic rings. The third-order valence-corrected chi connectivity index (χ3v) is 3.64. The zero-order chi connectivity index (χ0) is 14.1. The van der Waals surface area contributed by atoms with Gasteiger partial charge in [-0.2, -0.15) is 0 Å². The van der Waals surface area contributed by atoms with Gasteiger partial charge in [-0.15, -0.1) is 0 Å². The summed E-state index contributed by atoms with van der Waals surface area (Å²) in [6.45, 7) is 2.56. The van der Waals surface area contributed by atoms with Crippen molar-refractivity contribution >= 4 is 11.6 Å². The Morgan fingerprint density at radius 2 is 2.10 bits per heavy atom. The minimum absolute atomic E-state index is 0.0935. The largest absolute Gasteiger partial charge is 0.454 e. The highest BCUT2D eigenvalue weighted by molar-refractivity contribution is 6.04. The lowest BCUT2D eigenvalue weighted by molar-refractivity contribution is 0.0956. The van der Waals surface area contributed by atoms with Crippen LogP contribution in [0.1, 0.15) is 41.3 Å². The summed E-state index contributed by atoms with van der Waals surface area (Å²) in [5, 5.41) is 0. The van der Waals surface area contributed by atoms with Crippen molar-refractivity contribution < 1.29 is 9.21 Å². The maximum absolute atomic E-state index is 12.6. The van der Waals surface area contributed by atoms with Crippen molar-refractivity contribution in [2.75, 3.05) is 11.4 Å². The Hall–Kier alpha value is -2.07. The van der Waals surface area contributed by atoms with Crippen molar-refractivity contribution in [1.82, 2.24) is 0 Å². The van der Waals surface area contributed by atoms with E-state index in [1.54, 1.807) is 17.0 Å². The molecule has 0 aliphatic carbocycles. The quantitative estimate of drug-likeness (QED) is 0.912. The second-order valence-corrected chi connectivity index (χ2v) is 5.18. The predicted octanol–water partition coefficient (Wildman–Crippen LogP) is 2.89. The first-order valence-electron chi connectivity index (χ1n) is 6.92. The minimum Gasteiger partial charge on any atom is -0.454 e. The number of hydrogen-bond donors (Lipinski definition) is 1. The predicted molar refractivity (Wildman–Crippen MR) is 77.7 cm³/mol. The number of carbonyl (C=O) groups is 1. The molecule has 1 unspecified atom stereocenters. The van der Waals surface area contributed by atoms with E-state index in [4.69, 9.17) is 10.2 Å². The van der Waals surface area contributed by atoms with Crippen LogP contribution in [0.3, 0.4) is 0 Å². The number of para-hydroxylation sites is 1. The van der Waals surface area contributed by atoms with Crippen LogP contribution >= 0.6 is 0 Å². The van der Waals surface area contributed by atoms with Gasteiger partial charge in [-0.3, -0.25) is 4.79 Å². The van der Waals surface area contributed by atoms with Gasteiger partial charge in [0, 0.05) is 12.2 Å². The number of amides is 1. The highest BCUT2D eigenvalue weighted by Gasteiger charge is 2.25. The van der Waals surface area contributed by atoms with Gasteiger partial charge in [0.15, 0.2) is 5.76 Å². The fraction of sp³-hybridized carbons (Fsp3) is 0.312. The van der Waals surface area contributed by atoms with Crippen LogP contribution in [0.4, 0.5) is 5.69 Å². The molecule has 0 fully saturated rings. The fourth-order valence-electron chi connectivity index (χ4n) is 2.59. The zero-order valence-electron chi connectivity index (χ0n) is 11.5. The van der Waals surface area contributed by atoms with Crippen molar-refractivity contribution in [3.8, 4) is 0 Å². The molecule has 4 heteroatoms. The van der Waals surface area contributed by atoms with E-state index in [0.29, 0.717) is 11.5 Å². The van der Waals surface area contributed by atoms with Gasteiger partial charge < -0.3 is 15.1 Å². The van der Waals surface area contributed by atoms with Gasteiger partial charge >= 0.3 is 0 Å². The molecule has 0 radical (unpaired) electrons. The molecule has 1 aromatic carbocycles. The molecule has 1 aliphatic rings. The molecular weight excluding hydrogens is 252 g/mol. The summed E-state index contributed by atoms with van der Waals surface area (Å²) in [6, 6.07) is 11.3. The molecule has 0 bridgehead atoms. The van der Waals surface area contributed by atoms with E-state index in [1.807, 2.05) is 25.1 Å². The van der Waals surface area contributed by atoms with Crippen LogP contribution < -0.4 is 10.6 Å². The number of hydrogen-bond acceptors (Lipinski definition) is 3. The standard InChI is InChI=1S/C16H18N2O2/c1-11(17)14-8-9-15(20-14)16(19)18-10-4-6-12-5-2-3-7-13(12)18/h2-3,5,7-9,11H,4,6,10,17H2,1H3. The van der Waals surface area contributed by atoms with Crippen molar-refractivity contribution in [2.45, 2.75) is 25.8 Å². The van der Waals surface area contributed by atoms with E-state index < -0.39 is 0 Å². The third-order valence-electron chi connectivity index (χ3n) is 3.64. The molecule has 1 atom stereocenters. The van der Waals surface area contributed by atoms with Crippen LogP contribution in [0, 0.1) is 0 Å². The SMILES string of the molecule is CC(N)c1ccc(C(=O)N2CCCc3ccccc32)o1. The Morgan fingerprint density at radius 3 is 2.85 bits per heavy atom. The summed E-state index contributed by atoms with van der Waals surface area (Å²) < 4.78 is 5.56. The molecule has 20 heavy (non-hydrogen) atoms. The second-order valence-electron chi connectivity index (χ2n) is 5.18. The van der Waals surface area contributed by atoms with E-state index in [1.165, 1.54) is 5.56 Å². The Kier molecular flexibility index (Phi) is 3.32. The lowest BCUT2D eigenvalue weighted by atomic mass is 10.0. The Morgan fingerprint density at radius 1 is 1.30 bits per heavy atom. The van der Waals surface area contributed by atoms with E-state index in [-0.39, 0.29) is 11.9 Å². The van der Waals surface area contributed by atoms with E-state index >= 15 is 0 Å². The fourth-order valence-corrected chi connectivity index (χ4v) is 2.59. The van der Waals surface area contributed by atoms with Crippen LogP contribution in [-0.2, 0) is 6.42 Å². The highest BCUT2D eigenvalue weighted by Crippen LogP contribution is 2.28. The number of aryl methyl sites for hydroxylation is 1. The van der Waals surface area contributed by atoms with Gasteiger partial charge in [0.25, 0.3) is 5.91 Å². The van der Waals surface area contributed by atoms with Gasteiger partial charge in [-0.25, -0.2) is 0 Å². The van der Waals surface area contributed by atoms with Crippen molar-refractivity contribution in [3.05, 3.63) is 53.5 Å². The van der Waals surface area contributed by atoms with E-state index in [9.17, 15) is 4.79 Å². The number of rotatable bonds is 2. The lowest BCUT2D eigenvalue weighted by Crippen LogP contribution is -2.35. The first-order chi connectivity index (χ1) is 9.66. The number of furan rings is 1. The smallest absolute Gasteiger partial charge is 0.293 e. The second kappa shape index (κ2) is 5.13. The summed E-state index contributed by atoms with van der Waals surface area (Å²) in [7, 11) is 0. The zero-order valence-corrected chi connectivity index (χ0v) is 11.5. The molecule has 4 nitrogen and oxygen atoms in total. The number of fused-ring (bicyclic) bond motifs is 1. The van der Waals surface area contributed by atoms with Gasteiger partial charge in [0.2, 0.25) is 0 Å². The van der Waals surface area contributed by atoms with Gasteiger partial charge in [-0.05, 0) is 43.5 Å². The molecule has 1 aromatic heterocycles. The van der Waals surface area contributed by atoms with Crippen molar-refractivity contribution in [3.63, 3.8) is 0 Å². The van der Waals surface area contributed by atoms with Gasteiger partial charge in [0.05, 0.1) is 6.04 Å². The molecule has 104 valence electrons. The number of nitrogens with zero attached hydrogens (tertiary/aromatic N) is 1. The summed E-state index contributed by atoms with van der Waals surface area (Å²) >= 11 is 0. The molecule has 2 heterocycles.